The van der Waals surface area contributed by atoms with E-state index in [1.807, 2.05) is 6.92 Å². The normalized spacial score (nSPS) is 14.2. The van der Waals surface area contributed by atoms with E-state index in [0.717, 1.165) is 0 Å². The van der Waals surface area contributed by atoms with Gasteiger partial charge in [-0.15, -0.1) is 0 Å². The molecule has 1 radical (unpaired) electrons. The minimum atomic E-state index is -0.150. The third-order valence-corrected chi connectivity index (χ3v) is 2.50. The van der Waals surface area contributed by atoms with Crippen molar-refractivity contribution in [3.63, 3.8) is 0 Å². The van der Waals surface area contributed by atoms with Crippen LogP contribution in [-0.4, -0.2) is 21.7 Å². The lowest BCUT2D eigenvalue weighted by Gasteiger charge is -2.03. The summed E-state index contributed by atoms with van der Waals surface area (Å²) in [5.74, 6) is 0. The SMILES string of the molecule is CC[SiH2]C(C)O[C]=O. The predicted octanol–water partition coefficient (Wildman–Crippen LogP) is 0.0232. The van der Waals surface area contributed by atoms with Crippen molar-refractivity contribution < 1.29 is 9.53 Å². The minimum Gasteiger partial charge on any atom is -0.459 e. The molecule has 0 aromatic heterocycles. The summed E-state index contributed by atoms with van der Waals surface area (Å²) in [7, 11) is -0.150. The number of carbonyl (C=O) groups excluding carboxylic acids is 1. The molecule has 0 spiro atoms. The van der Waals surface area contributed by atoms with Gasteiger partial charge < -0.3 is 4.74 Å². The summed E-state index contributed by atoms with van der Waals surface area (Å²) in [6.45, 7) is 5.46. The van der Waals surface area contributed by atoms with E-state index in [1.54, 1.807) is 0 Å². The van der Waals surface area contributed by atoms with Gasteiger partial charge in [0.2, 0.25) is 0 Å². The van der Waals surface area contributed by atoms with Crippen LogP contribution in [0.5, 0.6) is 0 Å². The summed E-state index contributed by atoms with van der Waals surface area (Å²) in [6.07, 6.45) is 0. The van der Waals surface area contributed by atoms with Crippen molar-refractivity contribution in [2.45, 2.75) is 25.6 Å². The largest absolute Gasteiger partial charge is 0.459 e. The quantitative estimate of drug-likeness (QED) is 0.503. The molecule has 0 aromatic carbocycles. The van der Waals surface area contributed by atoms with E-state index in [2.05, 4.69) is 11.7 Å². The zero-order valence-corrected chi connectivity index (χ0v) is 6.72. The first-order valence-corrected chi connectivity index (χ1v) is 4.65. The van der Waals surface area contributed by atoms with Crippen molar-refractivity contribution in [2.75, 3.05) is 0 Å². The molecular formula is C5H11O2Si. The molecule has 0 aliphatic heterocycles. The van der Waals surface area contributed by atoms with Crippen LogP contribution in [0.4, 0.5) is 0 Å². The maximum Gasteiger partial charge on any atom is 0.417 e. The van der Waals surface area contributed by atoms with Gasteiger partial charge in [0.05, 0.1) is 15.2 Å². The fourth-order valence-corrected chi connectivity index (χ4v) is 1.55. The first kappa shape index (κ1) is 7.69. The van der Waals surface area contributed by atoms with Crippen LogP contribution in [0.2, 0.25) is 6.04 Å². The van der Waals surface area contributed by atoms with Gasteiger partial charge in [0.25, 0.3) is 0 Å². The first-order chi connectivity index (χ1) is 3.81. The average molecular weight is 131 g/mol. The topological polar surface area (TPSA) is 26.3 Å². The standard InChI is InChI=1S/C5H11O2Si/c1-3-8-5(2)7-4-6/h5H,3,8H2,1-2H3. The number of hydrogen-bond acceptors (Lipinski definition) is 2. The Hall–Kier alpha value is -0.313. The van der Waals surface area contributed by atoms with Crippen LogP contribution in [0, 0.1) is 0 Å². The zero-order valence-electron chi connectivity index (χ0n) is 5.31. The predicted molar refractivity (Wildman–Crippen MR) is 35.3 cm³/mol. The molecule has 0 rings (SSSR count). The van der Waals surface area contributed by atoms with Crippen LogP contribution in [0.1, 0.15) is 13.8 Å². The fourth-order valence-electron chi connectivity index (χ4n) is 0.548. The Morgan fingerprint density at radius 1 is 1.88 bits per heavy atom. The molecule has 8 heavy (non-hydrogen) atoms. The van der Waals surface area contributed by atoms with Gasteiger partial charge in [-0.25, -0.2) is 4.79 Å². The van der Waals surface area contributed by atoms with Crippen molar-refractivity contribution in [3.05, 3.63) is 0 Å². The van der Waals surface area contributed by atoms with Crippen LogP contribution >= 0.6 is 0 Å². The Morgan fingerprint density at radius 3 is 2.88 bits per heavy atom. The Labute approximate surface area is 52.0 Å². The second kappa shape index (κ2) is 4.84. The summed E-state index contributed by atoms with van der Waals surface area (Å²) in [6, 6.07) is 1.18. The van der Waals surface area contributed by atoms with Gasteiger partial charge in [-0.05, 0) is 6.92 Å². The number of hydrogen-bond donors (Lipinski definition) is 0. The highest BCUT2D eigenvalue weighted by molar-refractivity contribution is 6.37. The van der Waals surface area contributed by atoms with Gasteiger partial charge in [-0.3, -0.25) is 0 Å². The third kappa shape index (κ3) is 3.86. The summed E-state index contributed by atoms with van der Waals surface area (Å²) < 4.78 is 4.54. The molecule has 0 amide bonds. The lowest BCUT2D eigenvalue weighted by Crippen LogP contribution is -2.14. The maximum absolute atomic E-state index is 9.57. The van der Waals surface area contributed by atoms with Gasteiger partial charge in [0.1, 0.15) is 0 Å². The lowest BCUT2D eigenvalue weighted by atomic mass is 10.8. The van der Waals surface area contributed by atoms with Gasteiger partial charge in [0, 0.05) is 0 Å². The minimum absolute atomic E-state index is 0.150. The van der Waals surface area contributed by atoms with Crippen LogP contribution in [0.15, 0.2) is 0 Å². The van der Waals surface area contributed by atoms with Crippen molar-refractivity contribution in [1.82, 2.24) is 0 Å². The molecule has 3 heteroatoms. The highest BCUT2D eigenvalue weighted by Gasteiger charge is 1.98. The molecule has 0 saturated heterocycles. The molecule has 0 aliphatic carbocycles. The van der Waals surface area contributed by atoms with E-state index in [0.29, 0.717) is 0 Å². The first-order valence-electron chi connectivity index (χ1n) is 2.84. The fraction of sp³-hybridized carbons (Fsp3) is 0.800. The summed E-state index contributed by atoms with van der Waals surface area (Å²) in [4.78, 5) is 9.57. The molecular weight excluding hydrogens is 120 g/mol. The molecule has 0 heterocycles. The number of ether oxygens (including phenoxy) is 1. The van der Waals surface area contributed by atoms with E-state index < -0.39 is 0 Å². The van der Waals surface area contributed by atoms with Gasteiger partial charge >= 0.3 is 6.47 Å². The molecule has 0 saturated carbocycles. The number of rotatable bonds is 4. The lowest BCUT2D eigenvalue weighted by molar-refractivity contribution is 0.259. The molecule has 0 bridgehead atoms. The smallest absolute Gasteiger partial charge is 0.417 e. The van der Waals surface area contributed by atoms with Crippen molar-refractivity contribution in [1.29, 1.82) is 0 Å². The molecule has 1 unspecified atom stereocenters. The zero-order chi connectivity index (χ0) is 6.41. The van der Waals surface area contributed by atoms with E-state index in [-0.39, 0.29) is 15.2 Å². The second-order valence-electron chi connectivity index (χ2n) is 1.80. The Kier molecular flexibility index (Phi) is 4.65. The third-order valence-electron chi connectivity index (χ3n) is 0.944. The second-order valence-corrected chi connectivity index (χ2v) is 4.53. The molecule has 2 nitrogen and oxygen atoms in total. The van der Waals surface area contributed by atoms with E-state index in [1.165, 1.54) is 12.5 Å². The molecule has 0 N–H and O–H groups in total. The summed E-state index contributed by atoms with van der Waals surface area (Å²) in [5.41, 5.74) is 0.178. The Bertz CT molecular complexity index is 65.4. The van der Waals surface area contributed by atoms with Crippen LogP contribution in [0.3, 0.4) is 0 Å². The Balaban J connectivity index is 3.03. The van der Waals surface area contributed by atoms with Gasteiger partial charge in [-0.1, -0.05) is 13.0 Å². The van der Waals surface area contributed by atoms with E-state index in [9.17, 15) is 4.79 Å². The van der Waals surface area contributed by atoms with Crippen molar-refractivity contribution in [3.8, 4) is 0 Å². The molecule has 0 aromatic rings. The van der Waals surface area contributed by atoms with E-state index in [4.69, 9.17) is 0 Å². The molecule has 0 aliphatic rings. The van der Waals surface area contributed by atoms with Crippen LogP contribution in [0.25, 0.3) is 0 Å². The summed E-state index contributed by atoms with van der Waals surface area (Å²) >= 11 is 0. The van der Waals surface area contributed by atoms with Crippen LogP contribution < -0.4 is 0 Å². The maximum atomic E-state index is 9.57. The van der Waals surface area contributed by atoms with Crippen LogP contribution in [-0.2, 0) is 9.53 Å². The molecule has 1 atom stereocenters. The average Bonchev–Trinajstić information content (AvgIpc) is 1.68. The highest BCUT2D eigenvalue weighted by Crippen LogP contribution is 1.86. The van der Waals surface area contributed by atoms with Crippen molar-refractivity contribution >= 4 is 16.0 Å². The summed E-state index contributed by atoms with van der Waals surface area (Å²) in [5, 5.41) is 0. The van der Waals surface area contributed by atoms with Gasteiger partial charge in [0.15, 0.2) is 0 Å². The highest BCUT2D eigenvalue weighted by atomic mass is 28.2. The monoisotopic (exact) mass is 131 g/mol. The van der Waals surface area contributed by atoms with Gasteiger partial charge in [-0.2, -0.15) is 0 Å². The van der Waals surface area contributed by atoms with E-state index >= 15 is 0 Å². The van der Waals surface area contributed by atoms with Crippen molar-refractivity contribution in [2.24, 2.45) is 0 Å². The Morgan fingerprint density at radius 2 is 2.50 bits per heavy atom. The molecule has 0 fully saturated rings. The molecule has 47 valence electrons.